The first-order valence-corrected chi connectivity index (χ1v) is 18.2. The van der Waals surface area contributed by atoms with E-state index < -0.39 is 41.7 Å². The molecule has 0 saturated carbocycles. The summed E-state index contributed by atoms with van der Waals surface area (Å²) in [6.07, 6.45) is 0.334. The minimum atomic E-state index is -0.877. The third kappa shape index (κ3) is 9.00. The number of methoxy groups -OCH3 is 2. The van der Waals surface area contributed by atoms with E-state index in [4.69, 9.17) is 33.2 Å². The van der Waals surface area contributed by atoms with E-state index in [-0.39, 0.29) is 19.1 Å². The Bertz CT molecular complexity index is 1680. The van der Waals surface area contributed by atoms with E-state index in [9.17, 15) is 15.2 Å². The minimum Gasteiger partial charge on any atom is -0.497 e. The maximum absolute atomic E-state index is 13.9. The number of hydrogen-bond acceptors (Lipinski definition) is 10. The highest BCUT2D eigenvalue weighted by Crippen LogP contribution is 2.43. The number of carbonyl (C=O) groups is 1. The first-order valence-electron chi connectivity index (χ1n) is 18.2. The number of rotatable bonds is 16. The summed E-state index contributed by atoms with van der Waals surface area (Å²) in [4.78, 5) is 13.9. The molecule has 6 atom stereocenters. The van der Waals surface area contributed by atoms with E-state index in [0.717, 1.165) is 46.6 Å². The van der Waals surface area contributed by atoms with Gasteiger partial charge in [-0.3, -0.25) is 0 Å². The summed E-state index contributed by atoms with van der Waals surface area (Å²) < 4.78 is 41.8. The molecule has 1 fully saturated rings. The second-order valence-corrected chi connectivity index (χ2v) is 14.4. The van der Waals surface area contributed by atoms with Crippen molar-refractivity contribution in [1.29, 1.82) is 5.26 Å². The van der Waals surface area contributed by atoms with E-state index in [1.165, 1.54) is 0 Å². The van der Waals surface area contributed by atoms with Crippen molar-refractivity contribution in [3.63, 3.8) is 0 Å². The van der Waals surface area contributed by atoms with Gasteiger partial charge < -0.3 is 38.3 Å². The number of hydrogen-bond donors (Lipinski definition) is 1. The van der Waals surface area contributed by atoms with E-state index in [0.29, 0.717) is 43.1 Å². The molecular formula is C42H53NO9. The zero-order chi connectivity index (χ0) is 37.4. The lowest BCUT2D eigenvalue weighted by molar-refractivity contribution is -0.188. The van der Waals surface area contributed by atoms with Crippen LogP contribution in [0.25, 0.3) is 0 Å². The monoisotopic (exact) mass is 715 g/mol. The second kappa shape index (κ2) is 17.5. The number of benzene rings is 3. The summed E-state index contributed by atoms with van der Waals surface area (Å²) in [5.41, 5.74) is 3.35. The molecule has 280 valence electrons. The lowest BCUT2D eigenvalue weighted by Gasteiger charge is -2.47. The Kier molecular flexibility index (Phi) is 13.1. The maximum Gasteiger partial charge on any atom is 0.342 e. The topological polar surface area (TPSA) is 126 Å². The van der Waals surface area contributed by atoms with Gasteiger partial charge in [0.05, 0.1) is 38.6 Å². The van der Waals surface area contributed by atoms with Crippen LogP contribution in [0.3, 0.4) is 0 Å². The SMILES string of the molecule is CCCCO[C@@H]1C[C@@H](C#N)O[C@H](C[C@H](O)[C@@H](C)[C@H]2Cc3c(C)c(OCc4ccc(OC)cc4)cc(OCc4ccc(OC)cc4)c3C(=O)O2)C1(C)C. The van der Waals surface area contributed by atoms with Crippen LogP contribution in [0, 0.1) is 29.6 Å². The van der Waals surface area contributed by atoms with Crippen LogP contribution in [0.5, 0.6) is 23.0 Å². The number of ether oxygens (including phenoxy) is 7. The van der Waals surface area contributed by atoms with Gasteiger partial charge in [-0.05, 0) is 59.9 Å². The van der Waals surface area contributed by atoms with E-state index >= 15 is 0 Å². The molecule has 2 aliphatic rings. The highest BCUT2D eigenvalue weighted by molar-refractivity contribution is 5.96. The molecule has 2 heterocycles. The van der Waals surface area contributed by atoms with Crippen molar-refractivity contribution in [3.8, 4) is 29.1 Å². The number of fused-ring (bicyclic) bond motifs is 1. The second-order valence-electron chi connectivity index (χ2n) is 14.4. The molecule has 52 heavy (non-hydrogen) atoms. The Balaban J connectivity index is 1.38. The van der Waals surface area contributed by atoms with Crippen molar-refractivity contribution < 1.29 is 43.1 Å². The van der Waals surface area contributed by atoms with Crippen LogP contribution in [-0.2, 0) is 33.8 Å². The van der Waals surface area contributed by atoms with Gasteiger partial charge in [-0.25, -0.2) is 4.79 Å². The molecule has 10 nitrogen and oxygen atoms in total. The van der Waals surface area contributed by atoms with Gasteiger partial charge in [0.25, 0.3) is 0 Å². The van der Waals surface area contributed by atoms with Gasteiger partial charge in [0.15, 0.2) is 0 Å². The van der Waals surface area contributed by atoms with Crippen molar-refractivity contribution in [2.24, 2.45) is 11.3 Å². The summed E-state index contributed by atoms with van der Waals surface area (Å²) in [5.74, 6) is 1.50. The molecule has 0 unspecified atom stereocenters. The number of aliphatic hydroxyl groups excluding tert-OH is 1. The molecule has 1 saturated heterocycles. The van der Waals surface area contributed by atoms with Crippen LogP contribution in [0.15, 0.2) is 54.6 Å². The van der Waals surface area contributed by atoms with Crippen LogP contribution >= 0.6 is 0 Å². The van der Waals surface area contributed by atoms with Gasteiger partial charge in [0, 0.05) is 43.3 Å². The van der Waals surface area contributed by atoms with Gasteiger partial charge in [-0.2, -0.15) is 5.26 Å². The quantitative estimate of drug-likeness (QED) is 0.118. The fourth-order valence-corrected chi connectivity index (χ4v) is 6.94. The summed E-state index contributed by atoms with van der Waals surface area (Å²) in [5, 5.41) is 21.4. The third-order valence-corrected chi connectivity index (χ3v) is 10.6. The molecule has 0 aliphatic carbocycles. The van der Waals surface area contributed by atoms with Crippen molar-refractivity contribution in [1.82, 2.24) is 0 Å². The molecule has 5 rings (SSSR count). The normalized spacial score (nSPS) is 21.9. The first kappa shape index (κ1) is 38.9. The fraction of sp³-hybridized carbons (Fsp3) is 0.524. The largest absolute Gasteiger partial charge is 0.497 e. The molecule has 0 amide bonds. The van der Waals surface area contributed by atoms with Crippen LogP contribution in [-0.4, -0.2) is 62.4 Å². The standard InChI is InChI=1S/C42H53NO9/c1-8-9-18-48-38-19-32(23-43)51-39(42(38,4)5)21-34(44)27(3)36-20-33-26(2)35(49-24-28-10-14-30(46-6)15-11-28)22-37(40(33)41(45)52-36)50-25-29-12-16-31(47-7)17-13-29/h10-17,22,27,32,34,36,38-39,44H,8-9,18-21,24-25H2,1-7H3/t27-,32+,34+,36-,38-,39-/m1/s1. The molecule has 3 aromatic carbocycles. The molecular weight excluding hydrogens is 662 g/mol. The number of nitriles is 1. The molecule has 2 aliphatic heterocycles. The van der Waals surface area contributed by atoms with Crippen LogP contribution in [0.1, 0.15) is 86.0 Å². The average molecular weight is 716 g/mol. The molecule has 3 aromatic rings. The van der Waals surface area contributed by atoms with E-state index in [2.05, 4.69) is 26.8 Å². The van der Waals surface area contributed by atoms with Crippen molar-refractivity contribution in [2.45, 2.75) is 110 Å². The number of aliphatic hydroxyl groups is 1. The molecule has 0 radical (unpaired) electrons. The number of unbranched alkanes of at least 4 members (excludes halogenated alkanes) is 1. The first-order chi connectivity index (χ1) is 25.0. The van der Waals surface area contributed by atoms with E-state index in [1.54, 1.807) is 20.3 Å². The van der Waals surface area contributed by atoms with Crippen LogP contribution in [0.2, 0.25) is 0 Å². The van der Waals surface area contributed by atoms with Gasteiger partial charge in [-0.1, -0.05) is 58.4 Å². The smallest absolute Gasteiger partial charge is 0.342 e. The van der Waals surface area contributed by atoms with Gasteiger partial charge in [0.2, 0.25) is 0 Å². The van der Waals surface area contributed by atoms with Crippen molar-refractivity contribution >= 4 is 5.97 Å². The Hall–Kier alpha value is -4.30. The summed E-state index contributed by atoms with van der Waals surface area (Å²) in [6, 6.07) is 19.2. The summed E-state index contributed by atoms with van der Waals surface area (Å²) in [7, 11) is 3.24. The van der Waals surface area contributed by atoms with Gasteiger partial charge in [-0.15, -0.1) is 0 Å². The van der Waals surface area contributed by atoms with Crippen molar-refractivity contribution in [3.05, 3.63) is 82.4 Å². The van der Waals surface area contributed by atoms with Crippen LogP contribution < -0.4 is 18.9 Å². The Morgan fingerprint density at radius 3 is 2.13 bits per heavy atom. The summed E-state index contributed by atoms with van der Waals surface area (Å²) in [6.45, 7) is 11.2. The summed E-state index contributed by atoms with van der Waals surface area (Å²) >= 11 is 0. The molecule has 10 heteroatoms. The van der Waals surface area contributed by atoms with E-state index in [1.807, 2.05) is 62.4 Å². The predicted molar refractivity (Wildman–Crippen MR) is 196 cm³/mol. The van der Waals surface area contributed by atoms with Gasteiger partial charge >= 0.3 is 5.97 Å². The fourth-order valence-electron chi connectivity index (χ4n) is 6.94. The van der Waals surface area contributed by atoms with Gasteiger partial charge in [0.1, 0.15) is 54.0 Å². The molecule has 0 aromatic heterocycles. The minimum absolute atomic E-state index is 0.181. The van der Waals surface area contributed by atoms with Crippen LogP contribution in [0.4, 0.5) is 0 Å². The predicted octanol–water partition coefficient (Wildman–Crippen LogP) is 7.53. The lowest BCUT2D eigenvalue weighted by Crippen LogP contribution is -2.53. The number of carbonyl (C=O) groups excluding carboxylic acids is 1. The third-order valence-electron chi connectivity index (χ3n) is 10.6. The zero-order valence-corrected chi connectivity index (χ0v) is 31.5. The number of cyclic esters (lactones) is 1. The molecule has 0 spiro atoms. The highest BCUT2D eigenvalue weighted by atomic mass is 16.6. The Labute approximate surface area is 307 Å². The Morgan fingerprint density at radius 2 is 1.58 bits per heavy atom. The lowest BCUT2D eigenvalue weighted by atomic mass is 9.73. The maximum atomic E-state index is 13.9. The Morgan fingerprint density at radius 1 is 0.981 bits per heavy atom. The average Bonchev–Trinajstić information content (AvgIpc) is 3.15. The number of esters is 1. The molecule has 0 bridgehead atoms. The highest BCUT2D eigenvalue weighted by Gasteiger charge is 2.47. The van der Waals surface area contributed by atoms with Crippen molar-refractivity contribution in [2.75, 3.05) is 20.8 Å². The zero-order valence-electron chi connectivity index (χ0n) is 31.5. The number of nitrogens with zero attached hydrogens (tertiary/aromatic N) is 1. The molecule has 1 N–H and O–H groups in total.